The molecule has 0 bridgehead atoms. The highest BCUT2D eigenvalue weighted by molar-refractivity contribution is 7.99. The monoisotopic (exact) mass is 479 g/mol. The number of thiophene rings is 1. The van der Waals surface area contributed by atoms with Crippen LogP contribution in [0.15, 0.2) is 64.5 Å². The molecule has 0 unspecified atom stereocenters. The number of nitrogens with zero attached hydrogens (tertiary/aromatic N) is 2. The normalized spacial score (nSPS) is 15.4. The van der Waals surface area contributed by atoms with E-state index in [0.717, 1.165) is 29.7 Å². The van der Waals surface area contributed by atoms with Gasteiger partial charge in [-0.1, -0.05) is 49.0 Å². The number of rotatable bonds is 5. The average molecular weight is 480 g/mol. The van der Waals surface area contributed by atoms with E-state index in [2.05, 4.69) is 12.2 Å². The zero-order chi connectivity index (χ0) is 22.9. The van der Waals surface area contributed by atoms with E-state index >= 15 is 0 Å². The summed E-state index contributed by atoms with van der Waals surface area (Å²) in [7, 11) is 0. The van der Waals surface area contributed by atoms with Crippen LogP contribution in [0.25, 0.3) is 15.9 Å². The number of hydrogen-bond acceptors (Lipinski definition) is 5. The Hall–Kier alpha value is -2.97. The number of para-hydroxylation sites is 2. The first kappa shape index (κ1) is 21.9. The molecule has 1 amide bonds. The number of fused-ring (bicyclic) bond motifs is 3. The predicted octanol–water partition coefficient (Wildman–Crippen LogP) is 5.44. The first-order valence-electron chi connectivity index (χ1n) is 10.8. The lowest BCUT2D eigenvalue weighted by Crippen LogP contribution is -2.23. The van der Waals surface area contributed by atoms with Gasteiger partial charge in [-0.05, 0) is 55.0 Å². The lowest BCUT2D eigenvalue weighted by atomic mass is 9.89. The smallest absolute Gasteiger partial charge is 0.267 e. The number of aryl methyl sites for hydroxylation is 1. The van der Waals surface area contributed by atoms with Crippen LogP contribution in [0.3, 0.4) is 0 Å². The summed E-state index contributed by atoms with van der Waals surface area (Å²) in [6.07, 6.45) is 2.92. The minimum Gasteiger partial charge on any atom is -0.323 e. The van der Waals surface area contributed by atoms with Crippen LogP contribution in [0.4, 0.5) is 10.1 Å². The maximum absolute atomic E-state index is 13.9. The van der Waals surface area contributed by atoms with Crippen LogP contribution >= 0.6 is 23.1 Å². The standard InChI is InChI=1S/C25H22FN3O2S2/c1-15-11-12-17-20(13-15)33-23-22(17)24(31)29(16-7-3-2-4-8-16)25(28-23)32-14-21(30)27-19-10-6-5-9-18(19)26/h2-10,15H,11-14H2,1H3,(H,27,30)/t15-/m1/s1. The first-order chi connectivity index (χ1) is 16.0. The summed E-state index contributed by atoms with van der Waals surface area (Å²) in [5, 5.41) is 3.74. The molecule has 4 aromatic rings. The number of thioether (sulfide) groups is 1. The number of hydrogen-bond donors (Lipinski definition) is 1. The van der Waals surface area contributed by atoms with Crippen LogP contribution < -0.4 is 10.9 Å². The van der Waals surface area contributed by atoms with E-state index in [1.165, 1.54) is 28.8 Å². The Kier molecular flexibility index (Phi) is 6.03. The summed E-state index contributed by atoms with van der Waals surface area (Å²) in [6, 6.07) is 15.4. The van der Waals surface area contributed by atoms with Crippen molar-refractivity contribution < 1.29 is 9.18 Å². The highest BCUT2D eigenvalue weighted by Crippen LogP contribution is 2.37. The van der Waals surface area contributed by atoms with Crippen LogP contribution in [0.2, 0.25) is 0 Å². The molecule has 5 nitrogen and oxygen atoms in total. The topological polar surface area (TPSA) is 64.0 Å². The Morgan fingerprint density at radius 3 is 2.76 bits per heavy atom. The van der Waals surface area contributed by atoms with Crippen molar-refractivity contribution in [3.63, 3.8) is 0 Å². The quantitative estimate of drug-likeness (QED) is 0.306. The molecule has 8 heteroatoms. The molecule has 1 N–H and O–H groups in total. The largest absolute Gasteiger partial charge is 0.323 e. The maximum Gasteiger partial charge on any atom is 0.267 e. The molecule has 0 saturated carbocycles. The number of nitrogens with one attached hydrogen (secondary N) is 1. The third kappa shape index (κ3) is 4.32. The van der Waals surface area contributed by atoms with E-state index in [9.17, 15) is 14.0 Å². The molecular formula is C25H22FN3O2S2. The van der Waals surface area contributed by atoms with Gasteiger partial charge in [0.2, 0.25) is 5.91 Å². The van der Waals surface area contributed by atoms with E-state index in [0.29, 0.717) is 22.1 Å². The third-order valence-electron chi connectivity index (χ3n) is 5.79. The Morgan fingerprint density at radius 1 is 1.21 bits per heavy atom. The van der Waals surface area contributed by atoms with Crippen LogP contribution in [0.1, 0.15) is 23.8 Å². The molecule has 0 fully saturated rings. The molecular weight excluding hydrogens is 457 g/mol. The molecule has 2 aromatic heterocycles. The van der Waals surface area contributed by atoms with Gasteiger partial charge in [-0.3, -0.25) is 14.2 Å². The van der Waals surface area contributed by atoms with E-state index < -0.39 is 5.82 Å². The number of carbonyl (C=O) groups excluding carboxylic acids is 1. The van der Waals surface area contributed by atoms with Crippen LogP contribution in [-0.2, 0) is 17.6 Å². The van der Waals surface area contributed by atoms with Crippen molar-refractivity contribution in [2.24, 2.45) is 5.92 Å². The van der Waals surface area contributed by atoms with Crippen LogP contribution in [0, 0.1) is 11.7 Å². The summed E-state index contributed by atoms with van der Waals surface area (Å²) < 4.78 is 15.5. The summed E-state index contributed by atoms with van der Waals surface area (Å²) >= 11 is 2.76. The number of carbonyl (C=O) groups is 1. The average Bonchev–Trinajstić information content (AvgIpc) is 3.17. The zero-order valence-corrected chi connectivity index (χ0v) is 19.6. The van der Waals surface area contributed by atoms with Gasteiger partial charge in [0.25, 0.3) is 5.56 Å². The summed E-state index contributed by atoms with van der Waals surface area (Å²) in [6.45, 7) is 2.23. The number of halogens is 1. The Labute approximate surface area is 198 Å². The fourth-order valence-corrected chi connectivity index (χ4v) is 6.39. The zero-order valence-electron chi connectivity index (χ0n) is 18.0. The van der Waals surface area contributed by atoms with Crippen molar-refractivity contribution in [3.8, 4) is 5.69 Å². The van der Waals surface area contributed by atoms with Crippen LogP contribution in [0.5, 0.6) is 0 Å². The van der Waals surface area contributed by atoms with Gasteiger partial charge in [0.05, 0.1) is 22.5 Å². The minimum atomic E-state index is -0.491. The van der Waals surface area contributed by atoms with Gasteiger partial charge in [0.15, 0.2) is 5.16 Å². The number of amides is 1. The predicted molar refractivity (Wildman–Crippen MR) is 132 cm³/mol. The Balaban J connectivity index is 1.52. The van der Waals surface area contributed by atoms with E-state index in [-0.39, 0.29) is 22.9 Å². The number of benzene rings is 2. The molecule has 0 spiro atoms. The van der Waals surface area contributed by atoms with Crippen molar-refractivity contribution in [2.75, 3.05) is 11.1 Å². The number of aromatic nitrogens is 2. The highest BCUT2D eigenvalue weighted by Gasteiger charge is 2.25. The van der Waals surface area contributed by atoms with Gasteiger partial charge < -0.3 is 5.32 Å². The molecule has 2 heterocycles. The molecule has 1 aliphatic carbocycles. The first-order valence-corrected chi connectivity index (χ1v) is 12.6. The van der Waals surface area contributed by atoms with Gasteiger partial charge in [-0.25, -0.2) is 9.37 Å². The molecule has 1 atom stereocenters. The van der Waals surface area contributed by atoms with Crippen molar-refractivity contribution >= 4 is 44.9 Å². The summed E-state index contributed by atoms with van der Waals surface area (Å²) in [5.74, 6) is -0.257. The Bertz CT molecular complexity index is 1400. The van der Waals surface area contributed by atoms with E-state index in [1.807, 2.05) is 30.3 Å². The Morgan fingerprint density at radius 2 is 1.97 bits per heavy atom. The number of anilines is 1. The van der Waals surface area contributed by atoms with Gasteiger partial charge >= 0.3 is 0 Å². The molecule has 33 heavy (non-hydrogen) atoms. The minimum absolute atomic E-state index is 0.00123. The highest BCUT2D eigenvalue weighted by atomic mass is 32.2. The van der Waals surface area contributed by atoms with Gasteiger partial charge in [0, 0.05) is 4.88 Å². The molecule has 1 aliphatic rings. The van der Waals surface area contributed by atoms with Crippen LogP contribution in [-0.4, -0.2) is 21.2 Å². The maximum atomic E-state index is 13.9. The second kappa shape index (κ2) is 9.11. The lowest BCUT2D eigenvalue weighted by molar-refractivity contribution is -0.113. The fraction of sp³-hybridized carbons (Fsp3) is 0.240. The van der Waals surface area contributed by atoms with Crippen molar-refractivity contribution in [1.29, 1.82) is 0 Å². The van der Waals surface area contributed by atoms with Gasteiger partial charge in [-0.15, -0.1) is 11.3 Å². The summed E-state index contributed by atoms with van der Waals surface area (Å²) in [4.78, 5) is 33.0. The molecule has 0 radical (unpaired) electrons. The van der Waals surface area contributed by atoms with Crippen molar-refractivity contribution in [2.45, 2.75) is 31.3 Å². The molecule has 2 aromatic carbocycles. The molecule has 0 aliphatic heterocycles. The van der Waals surface area contributed by atoms with Crippen molar-refractivity contribution in [1.82, 2.24) is 9.55 Å². The van der Waals surface area contributed by atoms with Crippen molar-refractivity contribution in [3.05, 3.63) is 81.2 Å². The van der Waals surface area contributed by atoms with Gasteiger partial charge in [-0.2, -0.15) is 0 Å². The molecule has 168 valence electrons. The second-order valence-electron chi connectivity index (χ2n) is 8.22. The SMILES string of the molecule is C[C@@H]1CCc2c(sc3nc(SCC(=O)Nc4ccccc4F)n(-c4ccccc4)c(=O)c23)C1. The van der Waals surface area contributed by atoms with E-state index in [4.69, 9.17) is 4.98 Å². The third-order valence-corrected chi connectivity index (χ3v) is 7.88. The summed E-state index contributed by atoms with van der Waals surface area (Å²) in [5.41, 5.74) is 1.87. The van der Waals surface area contributed by atoms with Gasteiger partial charge in [0.1, 0.15) is 10.6 Å². The lowest BCUT2D eigenvalue weighted by Gasteiger charge is -2.17. The molecule has 5 rings (SSSR count). The molecule has 0 saturated heterocycles. The fourth-order valence-electron chi connectivity index (χ4n) is 4.15. The van der Waals surface area contributed by atoms with E-state index in [1.54, 1.807) is 28.0 Å². The second-order valence-corrected chi connectivity index (χ2v) is 10.2.